The molecule has 0 spiro atoms. The van der Waals surface area contributed by atoms with Crippen LogP contribution in [0.1, 0.15) is 31.2 Å². The fraction of sp³-hybridized carbons (Fsp3) is 0.381. The lowest BCUT2D eigenvalue weighted by Gasteiger charge is -2.17. The summed E-state index contributed by atoms with van der Waals surface area (Å²) in [5.74, 6) is 0.521. The van der Waals surface area contributed by atoms with E-state index < -0.39 is 0 Å². The SMILES string of the molecule is Cc1sc2nc(SCC(=O)N[C@H](C)C(C)C)n(-c3ccccc3)c(=O)c2c1C. The number of fused-ring (bicyclic) bond motifs is 1. The number of benzene rings is 1. The van der Waals surface area contributed by atoms with E-state index in [-0.39, 0.29) is 23.3 Å². The minimum absolute atomic E-state index is 0.0568. The van der Waals surface area contributed by atoms with E-state index in [1.165, 1.54) is 23.1 Å². The molecule has 1 aromatic carbocycles. The van der Waals surface area contributed by atoms with Crippen LogP contribution in [0.3, 0.4) is 0 Å². The van der Waals surface area contributed by atoms with Gasteiger partial charge in [-0.25, -0.2) is 4.98 Å². The Morgan fingerprint density at radius 2 is 1.89 bits per heavy atom. The Balaban J connectivity index is 2.01. The average molecular weight is 416 g/mol. The third-order valence-corrected chi connectivity index (χ3v) is 6.95. The van der Waals surface area contributed by atoms with Gasteiger partial charge in [0.15, 0.2) is 5.16 Å². The normalized spacial score (nSPS) is 12.5. The number of aromatic nitrogens is 2. The van der Waals surface area contributed by atoms with E-state index in [0.717, 1.165) is 21.0 Å². The molecular weight excluding hydrogens is 390 g/mol. The molecule has 0 saturated heterocycles. The Hall–Kier alpha value is -2.12. The number of nitrogens with zero attached hydrogens (tertiary/aromatic N) is 2. The molecule has 28 heavy (non-hydrogen) atoms. The number of carbonyl (C=O) groups excluding carboxylic acids is 1. The first-order valence-electron chi connectivity index (χ1n) is 9.30. The molecular formula is C21H25N3O2S2. The van der Waals surface area contributed by atoms with E-state index in [0.29, 0.717) is 16.5 Å². The van der Waals surface area contributed by atoms with E-state index in [9.17, 15) is 9.59 Å². The zero-order chi connectivity index (χ0) is 20.4. The van der Waals surface area contributed by atoms with Crippen molar-refractivity contribution in [1.29, 1.82) is 0 Å². The number of nitrogens with one attached hydrogen (secondary N) is 1. The third-order valence-electron chi connectivity index (χ3n) is 4.91. The van der Waals surface area contributed by atoms with Gasteiger partial charge in [0.25, 0.3) is 5.56 Å². The zero-order valence-electron chi connectivity index (χ0n) is 16.8. The first-order chi connectivity index (χ1) is 13.3. The van der Waals surface area contributed by atoms with E-state index in [1.807, 2.05) is 51.1 Å². The molecule has 2 heterocycles. The smallest absolute Gasteiger partial charge is 0.267 e. The number of thiophene rings is 1. The molecule has 0 bridgehead atoms. The van der Waals surface area contributed by atoms with Crippen LogP contribution in [0.5, 0.6) is 0 Å². The molecule has 148 valence electrons. The molecule has 0 aliphatic heterocycles. The van der Waals surface area contributed by atoms with Gasteiger partial charge in [-0.05, 0) is 44.4 Å². The van der Waals surface area contributed by atoms with Crippen LogP contribution in [0.2, 0.25) is 0 Å². The number of aryl methyl sites for hydroxylation is 2. The van der Waals surface area contributed by atoms with Crippen molar-refractivity contribution < 1.29 is 4.79 Å². The molecule has 0 aliphatic rings. The molecule has 1 atom stereocenters. The molecule has 0 fully saturated rings. The van der Waals surface area contributed by atoms with E-state index >= 15 is 0 Å². The van der Waals surface area contributed by atoms with Crippen LogP contribution in [-0.4, -0.2) is 27.3 Å². The van der Waals surface area contributed by atoms with Gasteiger partial charge in [-0.2, -0.15) is 0 Å². The molecule has 5 nitrogen and oxygen atoms in total. The van der Waals surface area contributed by atoms with Gasteiger partial charge in [0.2, 0.25) is 5.91 Å². The van der Waals surface area contributed by atoms with Crippen molar-refractivity contribution in [2.75, 3.05) is 5.75 Å². The fourth-order valence-corrected chi connectivity index (χ4v) is 4.66. The van der Waals surface area contributed by atoms with Crippen molar-refractivity contribution >= 4 is 39.2 Å². The molecule has 0 radical (unpaired) electrons. The third kappa shape index (κ3) is 4.15. The van der Waals surface area contributed by atoms with Crippen molar-refractivity contribution in [3.8, 4) is 5.69 Å². The summed E-state index contributed by atoms with van der Waals surface area (Å²) in [4.78, 5) is 32.2. The second-order valence-electron chi connectivity index (χ2n) is 7.22. The number of carbonyl (C=O) groups is 1. The minimum atomic E-state index is -0.0866. The molecule has 0 aliphatic carbocycles. The van der Waals surface area contributed by atoms with Gasteiger partial charge in [0, 0.05) is 10.9 Å². The van der Waals surface area contributed by atoms with Gasteiger partial charge < -0.3 is 5.32 Å². The van der Waals surface area contributed by atoms with Crippen molar-refractivity contribution in [1.82, 2.24) is 14.9 Å². The largest absolute Gasteiger partial charge is 0.353 e. The van der Waals surface area contributed by atoms with Crippen LogP contribution in [0, 0.1) is 19.8 Å². The van der Waals surface area contributed by atoms with Crippen LogP contribution in [-0.2, 0) is 4.79 Å². The monoisotopic (exact) mass is 415 g/mol. The molecule has 7 heteroatoms. The Morgan fingerprint density at radius 3 is 2.54 bits per heavy atom. The maximum Gasteiger partial charge on any atom is 0.267 e. The summed E-state index contributed by atoms with van der Waals surface area (Å²) >= 11 is 2.82. The number of hydrogen-bond donors (Lipinski definition) is 1. The topological polar surface area (TPSA) is 64.0 Å². The second-order valence-corrected chi connectivity index (χ2v) is 9.37. The summed E-state index contributed by atoms with van der Waals surface area (Å²) in [6.07, 6.45) is 0. The minimum Gasteiger partial charge on any atom is -0.353 e. The summed E-state index contributed by atoms with van der Waals surface area (Å²) < 4.78 is 1.62. The van der Waals surface area contributed by atoms with Gasteiger partial charge in [-0.3, -0.25) is 14.2 Å². The highest BCUT2D eigenvalue weighted by atomic mass is 32.2. The number of rotatable bonds is 6. The summed E-state index contributed by atoms with van der Waals surface area (Å²) in [6.45, 7) is 10.1. The Bertz CT molecular complexity index is 1050. The first-order valence-corrected chi connectivity index (χ1v) is 11.1. The number of para-hydroxylation sites is 1. The van der Waals surface area contributed by atoms with Crippen molar-refractivity contribution in [2.24, 2.45) is 5.92 Å². The first kappa shape index (κ1) is 20.6. The lowest BCUT2D eigenvalue weighted by molar-refractivity contribution is -0.119. The summed E-state index contributed by atoms with van der Waals surface area (Å²) in [5.41, 5.74) is 1.64. The molecule has 2 aromatic heterocycles. The number of thioether (sulfide) groups is 1. The number of amides is 1. The maximum atomic E-state index is 13.3. The van der Waals surface area contributed by atoms with E-state index in [2.05, 4.69) is 19.2 Å². The summed E-state index contributed by atoms with van der Waals surface area (Å²) in [5, 5.41) is 4.20. The Morgan fingerprint density at radius 1 is 1.21 bits per heavy atom. The van der Waals surface area contributed by atoms with Gasteiger partial charge in [-0.1, -0.05) is 43.8 Å². The van der Waals surface area contributed by atoms with Crippen LogP contribution >= 0.6 is 23.1 Å². The quantitative estimate of drug-likeness (QED) is 0.481. The lowest BCUT2D eigenvalue weighted by atomic mass is 10.1. The second kappa shape index (κ2) is 8.49. The standard InChI is InChI=1S/C21H25N3O2S2/c1-12(2)14(4)22-17(25)11-27-21-23-19-18(13(3)15(5)28-19)20(26)24(21)16-9-7-6-8-10-16/h6-10,12,14H,11H2,1-5H3,(H,22,25)/t14-/m1/s1. The highest BCUT2D eigenvalue weighted by Gasteiger charge is 2.19. The van der Waals surface area contributed by atoms with Gasteiger partial charge in [0.05, 0.1) is 16.8 Å². The highest BCUT2D eigenvalue weighted by Crippen LogP contribution is 2.29. The van der Waals surface area contributed by atoms with Crippen molar-refractivity contribution in [3.05, 3.63) is 51.1 Å². The number of hydrogen-bond acceptors (Lipinski definition) is 5. The van der Waals surface area contributed by atoms with E-state index in [4.69, 9.17) is 4.98 Å². The Kier molecular flexibility index (Phi) is 6.25. The Labute approximate surface area is 173 Å². The fourth-order valence-electron chi connectivity index (χ4n) is 2.77. The van der Waals surface area contributed by atoms with Crippen molar-refractivity contribution in [2.45, 2.75) is 45.8 Å². The van der Waals surface area contributed by atoms with E-state index in [1.54, 1.807) is 4.57 Å². The molecule has 1 amide bonds. The van der Waals surface area contributed by atoms with Crippen LogP contribution in [0.15, 0.2) is 40.3 Å². The lowest BCUT2D eigenvalue weighted by Crippen LogP contribution is -2.37. The molecule has 0 saturated carbocycles. The molecule has 3 aromatic rings. The van der Waals surface area contributed by atoms with Gasteiger partial charge >= 0.3 is 0 Å². The molecule has 0 unspecified atom stereocenters. The summed E-state index contributed by atoms with van der Waals surface area (Å²) in [7, 11) is 0. The van der Waals surface area contributed by atoms with Crippen LogP contribution < -0.4 is 10.9 Å². The van der Waals surface area contributed by atoms with Crippen LogP contribution in [0.25, 0.3) is 15.9 Å². The van der Waals surface area contributed by atoms with Crippen LogP contribution in [0.4, 0.5) is 0 Å². The van der Waals surface area contributed by atoms with Gasteiger partial charge in [0.1, 0.15) is 4.83 Å². The maximum absolute atomic E-state index is 13.3. The predicted octanol–water partition coefficient (Wildman–Crippen LogP) is 4.32. The molecule has 1 N–H and O–H groups in total. The van der Waals surface area contributed by atoms with Gasteiger partial charge in [-0.15, -0.1) is 11.3 Å². The summed E-state index contributed by atoms with van der Waals surface area (Å²) in [6, 6.07) is 9.56. The van der Waals surface area contributed by atoms with Crippen molar-refractivity contribution in [3.63, 3.8) is 0 Å². The molecule has 3 rings (SSSR count). The average Bonchev–Trinajstić information content (AvgIpc) is 2.94. The highest BCUT2D eigenvalue weighted by molar-refractivity contribution is 7.99. The zero-order valence-corrected chi connectivity index (χ0v) is 18.4. The predicted molar refractivity (Wildman–Crippen MR) is 118 cm³/mol.